The van der Waals surface area contributed by atoms with Gasteiger partial charge >= 0.3 is 0 Å². The van der Waals surface area contributed by atoms with Crippen molar-refractivity contribution in [2.75, 3.05) is 32.8 Å². The number of nitrogens with zero attached hydrogens (tertiary/aromatic N) is 1. The number of hydrogen-bond donors (Lipinski definition) is 0. The first kappa shape index (κ1) is 15.0. The molecule has 1 aliphatic heterocycles. The van der Waals surface area contributed by atoms with Crippen molar-refractivity contribution in [1.82, 2.24) is 4.90 Å². The summed E-state index contributed by atoms with van der Waals surface area (Å²) in [5.74, 6) is 1.40. The number of benzene rings is 1. The summed E-state index contributed by atoms with van der Waals surface area (Å²) in [6.07, 6.45) is 2.32. The molecular formula is C14H19NO4S. The third kappa shape index (κ3) is 3.19. The van der Waals surface area contributed by atoms with Gasteiger partial charge < -0.3 is 18.9 Å². The number of amides is 1. The number of hydrogen-bond acceptors (Lipinski definition) is 4. The van der Waals surface area contributed by atoms with Gasteiger partial charge in [-0.1, -0.05) is 0 Å². The van der Waals surface area contributed by atoms with Crippen molar-refractivity contribution in [3.05, 3.63) is 23.3 Å². The molecule has 2 rings (SSSR count). The van der Waals surface area contributed by atoms with Gasteiger partial charge in [0, 0.05) is 13.1 Å². The fraction of sp³-hybridized carbons (Fsp3) is 0.500. The van der Waals surface area contributed by atoms with Gasteiger partial charge in [0.15, 0.2) is 17.3 Å². The largest absolute Gasteiger partial charge is 0.616 e. The van der Waals surface area contributed by atoms with E-state index in [0.29, 0.717) is 24.6 Å². The molecule has 0 aromatic heterocycles. The van der Waals surface area contributed by atoms with E-state index < -0.39 is 11.2 Å². The van der Waals surface area contributed by atoms with E-state index in [2.05, 4.69) is 0 Å². The van der Waals surface area contributed by atoms with Crippen LogP contribution in [0.3, 0.4) is 0 Å². The number of carbonyl (C=O) groups excluding carboxylic acids is 1. The van der Waals surface area contributed by atoms with Crippen LogP contribution in [0.1, 0.15) is 11.1 Å². The predicted octanol–water partition coefficient (Wildman–Crippen LogP) is 0.967. The molecule has 1 amide bonds. The van der Waals surface area contributed by atoms with Crippen molar-refractivity contribution in [3.8, 4) is 11.5 Å². The zero-order valence-electron chi connectivity index (χ0n) is 12.0. The summed E-state index contributed by atoms with van der Waals surface area (Å²) in [4.78, 5) is 13.7. The van der Waals surface area contributed by atoms with E-state index in [1.807, 2.05) is 12.1 Å². The Hall–Kier alpha value is -1.40. The van der Waals surface area contributed by atoms with E-state index in [1.54, 1.807) is 25.4 Å². The maximum absolute atomic E-state index is 12.0. The van der Waals surface area contributed by atoms with Gasteiger partial charge in [0.05, 0.1) is 20.5 Å². The van der Waals surface area contributed by atoms with E-state index in [4.69, 9.17) is 9.47 Å². The number of fused-ring (bicyclic) bond motifs is 1. The smallest absolute Gasteiger partial charge is 0.272 e. The molecule has 1 aromatic rings. The Morgan fingerprint density at radius 2 is 1.90 bits per heavy atom. The zero-order chi connectivity index (χ0) is 14.7. The minimum absolute atomic E-state index is 0.0636. The standard InChI is InChI=1S/C14H19NO4S/c1-18-12-6-10-4-5-15(14(16)9-20(3)17)8-11(10)7-13(12)19-2/h6-7H,4-5,8-9H2,1-3H3. The first-order valence-electron chi connectivity index (χ1n) is 6.36. The molecule has 0 saturated carbocycles. The number of ether oxygens (including phenoxy) is 2. The lowest BCUT2D eigenvalue weighted by molar-refractivity contribution is -0.129. The molecule has 0 saturated heterocycles. The van der Waals surface area contributed by atoms with Gasteiger partial charge in [-0.3, -0.25) is 4.79 Å². The second kappa shape index (κ2) is 6.37. The van der Waals surface area contributed by atoms with Crippen molar-refractivity contribution in [1.29, 1.82) is 0 Å². The topological polar surface area (TPSA) is 61.8 Å². The molecule has 1 unspecified atom stereocenters. The molecular weight excluding hydrogens is 278 g/mol. The van der Waals surface area contributed by atoms with E-state index >= 15 is 0 Å². The lowest BCUT2D eigenvalue weighted by atomic mass is 9.99. The van der Waals surface area contributed by atoms with E-state index in [1.165, 1.54) is 5.56 Å². The third-order valence-electron chi connectivity index (χ3n) is 3.40. The molecule has 5 nitrogen and oxygen atoms in total. The Labute approximate surface area is 122 Å². The molecule has 0 radical (unpaired) electrons. The van der Waals surface area contributed by atoms with E-state index in [9.17, 15) is 9.35 Å². The molecule has 0 spiro atoms. The SMILES string of the molecule is COc1cc2c(cc1OC)CN(C(=O)C[S+](C)[O-])CC2. The maximum Gasteiger partial charge on any atom is 0.272 e. The molecule has 1 aromatic carbocycles. The van der Waals surface area contributed by atoms with Gasteiger partial charge in [0.2, 0.25) is 0 Å². The second-order valence-corrected chi connectivity index (χ2v) is 6.19. The van der Waals surface area contributed by atoms with Crippen LogP contribution in [-0.4, -0.2) is 48.1 Å². The summed E-state index contributed by atoms with van der Waals surface area (Å²) in [7, 11) is 3.20. The number of carbonyl (C=O) groups is 1. The fourth-order valence-electron chi connectivity index (χ4n) is 2.36. The first-order valence-corrected chi connectivity index (χ1v) is 8.09. The Kier molecular flexibility index (Phi) is 4.77. The van der Waals surface area contributed by atoms with Gasteiger partial charge in [-0.25, -0.2) is 0 Å². The van der Waals surface area contributed by atoms with Gasteiger partial charge in [-0.05, 0) is 40.9 Å². The van der Waals surface area contributed by atoms with Gasteiger partial charge in [-0.2, -0.15) is 0 Å². The van der Waals surface area contributed by atoms with Crippen LogP contribution in [0.25, 0.3) is 0 Å². The minimum Gasteiger partial charge on any atom is -0.616 e. The van der Waals surface area contributed by atoms with Crippen LogP contribution >= 0.6 is 0 Å². The highest BCUT2D eigenvalue weighted by Crippen LogP contribution is 2.33. The van der Waals surface area contributed by atoms with Crippen LogP contribution in [-0.2, 0) is 28.9 Å². The molecule has 20 heavy (non-hydrogen) atoms. The molecule has 6 heteroatoms. The fourth-order valence-corrected chi connectivity index (χ4v) is 2.89. The summed E-state index contributed by atoms with van der Waals surface area (Å²) in [6, 6.07) is 3.88. The Bertz CT molecular complexity index is 504. The first-order chi connectivity index (χ1) is 9.55. The normalized spacial score (nSPS) is 15.5. The molecule has 0 bridgehead atoms. The third-order valence-corrected chi connectivity index (χ3v) is 4.05. The van der Waals surface area contributed by atoms with Crippen LogP contribution in [0, 0.1) is 0 Å². The van der Waals surface area contributed by atoms with Crippen LogP contribution in [0.2, 0.25) is 0 Å². The monoisotopic (exact) mass is 297 g/mol. The summed E-state index contributed by atoms with van der Waals surface area (Å²) in [6.45, 7) is 1.18. The van der Waals surface area contributed by atoms with E-state index in [0.717, 1.165) is 12.0 Å². The molecule has 1 atom stereocenters. The highest BCUT2D eigenvalue weighted by atomic mass is 32.2. The molecule has 1 heterocycles. The van der Waals surface area contributed by atoms with Gasteiger partial charge in [-0.15, -0.1) is 0 Å². The van der Waals surface area contributed by atoms with E-state index in [-0.39, 0.29) is 11.7 Å². The summed E-state index contributed by atoms with van der Waals surface area (Å²) < 4.78 is 21.7. The van der Waals surface area contributed by atoms with Crippen LogP contribution in [0.4, 0.5) is 0 Å². The Morgan fingerprint density at radius 1 is 1.30 bits per heavy atom. The van der Waals surface area contributed by atoms with Crippen molar-refractivity contribution < 1.29 is 18.8 Å². The Morgan fingerprint density at radius 3 is 2.45 bits per heavy atom. The van der Waals surface area contributed by atoms with Gasteiger partial charge in [0.1, 0.15) is 0 Å². The molecule has 1 aliphatic rings. The second-order valence-electron chi connectivity index (χ2n) is 4.76. The minimum atomic E-state index is -1.10. The molecule has 0 N–H and O–H groups in total. The van der Waals surface area contributed by atoms with Crippen LogP contribution in [0.5, 0.6) is 11.5 Å². The zero-order valence-corrected chi connectivity index (χ0v) is 12.8. The lowest BCUT2D eigenvalue weighted by Gasteiger charge is -2.29. The summed E-state index contributed by atoms with van der Waals surface area (Å²) >= 11 is -1.10. The summed E-state index contributed by atoms with van der Waals surface area (Å²) in [5, 5.41) is 0. The van der Waals surface area contributed by atoms with Crippen molar-refractivity contribution in [2.45, 2.75) is 13.0 Å². The number of rotatable bonds is 4. The highest BCUT2D eigenvalue weighted by Gasteiger charge is 2.24. The lowest BCUT2D eigenvalue weighted by Crippen LogP contribution is -2.39. The van der Waals surface area contributed by atoms with Crippen molar-refractivity contribution in [3.63, 3.8) is 0 Å². The van der Waals surface area contributed by atoms with Crippen molar-refractivity contribution in [2.24, 2.45) is 0 Å². The summed E-state index contributed by atoms with van der Waals surface area (Å²) in [5.41, 5.74) is 2.23. The maximum atomic E-state index is 12.0. The molecule has 110 valence electrons. The predicted molar refractivity (Wildman–Crippen MR) is 77.6 cm³/mol. The number of methoxy groups -OCH3 is 2. The quantitative estimate of drug-likeness (QED) is 0.777. The highest BCUT2D eigenvalue weighted by molar-refractivity contribution is 7.91. The van der Waals surface area contributed by atoms with Crippen LogP contribution < -0.4 is 9.47 Å². The Balaban J connectivity index is 2.19. The van der Waals surface area contributed by atoms with Gasteiger partial charge in [0.25, 0.3) is 5.91 Å². The average molecular weight is 297 g/mol. The molecule has 0 fully saturated rings. The average Bonchev–Trinajstić information content (AvgIpc) is 2.44. The van der Waals surface area contributed by atoms with Crippen LogP contribution in [0.15, 0.2) is 12.1 Å². The van der Waals surface area contributed by atoms with Crippen molar-refractivity contribution >= 4 is 17.1 Å². The molecule has 0 aliphatic carbocycles.